The van der Waals surface area contributed by atoms with Gasteiger partial charge in [0, 0.05) is 14.9 Å². The highest BCUT2D eigenvalue weighted by Crippen LogP contribution is 2.41. The van der Waals surface area contributed by atoms with Crippen molar-refractivity contribution < 1.29 is 23.8 Å². The molecule has 0 unspecified atom stereocenters. The number of anilines is 1. The SMILES string of the molecule is CCOc1ccc(-c2c(C)sc(NC(=O)COc3cc(C)c(Br)cc3C(C)C)c2C(=O)OC)cc1. The lowest BCUT2D eigenvalue weighted by Gasteiger charge is -2.16. The molecule has 0 fully saturated rings. The van der Waals surface area contributed by atoms with E-state index in [1.807, 2.05) is 57.2 Å². The molecule has 1 N–H and O–H groups in total. The number of aryl methyl sites for hydroxylation is 2. The molecule has 0 saturated carbocycles. The van der Waals surface area contributed by atoms with Crippen molar-refractivity contribution in [3.05, 3.63) is 62.4 Å². The summed E-state index contributed by atoms with van der Waals surface area (Å²) in [6.07, 6.45) is 0. The van der Waals surface area contributed by atoms with Gasteiger partial charge in [-0.3, -0.25) is 4.79 Å². The Morgan fingerprint density at radius 3 is 2.37 bits per heavy atom. The minimum Gasteiger partial charge on any atom is -0.494 e. The van der Waals surface area contributed by atoms with Crippen molar-refractivity contribution >= 4 is 44.1 Å². The van der Waals surface area contributed by atoms with Crippen LogP contribution in [-0.2, 0) is 9.53 Å². The zero-order chi connectivity index (χ0) is 25.7. The van der Waals surface area contributed by atoms with Gasteiger partial charge in [-0.25, -0.2) is 4.79 Å². The Kier molecular flexibility index (Phi) is 8.97. The number of ether oxygens (including phenoxy) is 3. The molecule has 3 rings (SSSR count). The molecule has 0 radical (unpaired) electrons. The summed E-state index contributed by atoms with van der Waals surface area (Å²) in [6.45, 7) is 10.3. The second-order valence-electron chi connectivity index (χ2n) is 8.32. The van der Waals surface area contributed by atoms with Gasteiger partial charge in [0.1, 0.15) is 22.1 Å². The van der Waals surface area contributed by atoms with Gasteiger partial charge in [0.15, 0.2) is 6.61 Å². The Morgan fingerprint density at radius 2 is 1.77 bits per heavy atom. The smallest absolute Gasteiger partial charge is 0.341 e. The molecule has 0 atom stereocenters. The fraction of sp³-hybridized carbons (Fsp3) is 0.333. The molecule has 35 heavy (non-hydrogen) atoms. The molecular weight excluding hydrogens is 530 g/mol. The number of esters is 1. The quantitative estimate of drug-likeness (QED) is 0.282. The molecule has 0 spiro atoms. The second kappa shape index (κ2) is 11.7. The van der Waals surface area contributed by atoms with E-state index in [-0.39, 0.29) is 18.4 Å². The Morgan fingerprint density at radius 1 is 1.09 bits per heavy atom. The number of hydrogen-bond acceptors (Lipinski definition) is 6. The maximum absolute atomic E-state index is 12.8. The van der Waals surface area contributed by atoms with Gasteiger partial charge in [-0.2, -0.15) is 0 Å². The Hall–Kier alpha value is -2.84. The van der Waals surface area contributed by atoms with Crippen LogP contribution in [0.3, 0.4) is 0 Å². The van der Waals surface area contributed by atoms with Crippen LogP contribution in [0.4, 0.5) is 5.00 Å². The van der Waals surface area contributed by atoms with E-state index < -0.39 is 5.97 Å². The van der Waals surface area contributed by atoms with E-state index in [0.29, 0.717) is 22.9 Å². The van der Waals surface area contributed by atoms with Crippen LogP contribution in [0.5, 0.6) is 11.5 Å². The lowest BCUT2D eigenvalue weighted by molar-refractivity contribution is -0.118. The zero-order valence-electron chi connectivity index (χ0n) is 20.8. The molecule has 1 aromatic heterocycles. The molecule has 1 heterocycles. The van der Waals surface area contributed by atoms with Crippen molar-refractivity contribution in [1.29, 1.82) is 0 Å². The molecule has 0 bridgehead atoms. The molecule has 0 aliphatic carbocycles. The summed E-state index contributed by atoms with van der Waals surface area (Å²) in [5, 5.41) is 3.29. The molecule has 2 aromatic carbocycles. The summed E-state index contributed by atoms with van der Waals surface area (Å²) in [5.74, 6) is 0.775. The third-order valence-corrected chi connectivity index (χ3v) is 7.33. The number of rotatable bonds is 9. The van der Waals surface area contributed by atoms with E-state index in [4.69, 9.17) is 14.2 Å². The lowest BCUT2D eigenvalue weighted by Crippen LogP contribution is -2.21. The third kappa shape index (κ3) is 6.24. The predicted octanol–water partition coefficient (Wildman–Crippen LogP) is 7.12. The number of carbonyl (C=O) groups excluding carboxylic acids is 2. The molecule has 3 aromatic rings. The van der Waals surface area contributed by atoms with E-state index in [1.54, 1.807) is 0 Å². The summed E-state index contributed by atoms with van der Waals surface area (Å²) in [5.41, 5.74) is 3.93. The molecule has 186 valence electrons. The van der Waals surface area contributed by atoms with Crippen molar-refractivity contribution in [3.63, 3.8) is 0 Å². The summed E-state index contributed by atoms with van der Waals surface area (Å²) < 4.78 is 17.5. The summed E-state index contributed by atoms with van der Waals surface area (Å²) >= 11 is 4.89. The standard InChI is InChI=1S/C27H30BrNO5S/c1-7-33-19-10-8-18(9-11-19)24-17(5)35-26(25(24)27(31)32-6)29-23(30)14-34-22-12-16(4)21(28)13-20(22)15(2)3/h8-13,15H,7,14H2,1-6H3,(H,29,30). The number of thiophene rings is 1. The highest BCUT2D eigenvalue weighted by molar-refractivity contribution is 9.10. The van der Waals surface area contributed by atoms with Crippen LogP contribution >= 0.6 is 27.3 Å². The van der Waals surface area contributed by atoms with E-state index in [1.165, 1.54) is 18.4 Å². The number of amides is 1. The first-order valence-electron chi connectivity index (χ1n) is 11.3. The molecule has 0 aliphatic rings. The first-order chi connectivity index (χ1) is 16.7. The van der Waals surface area contributed by atoms with Crippen LogP contribution in [0, 0.1) is 13.8 Å². The molecular formula is C27H30BrNO5S. The minimum absolute atomic E-state index is 0.184. The average Bonchev–Trinajstić information content (AvgIpc) is 3.14. The van der Waals surface area contributed by atoms with Crippen LogP contribution in [0.2, 0.25) is 0 Å². The number of nitrogens with one attached hydrogen (secondary N) is 1. The van der Waals surface area contributed by atoms with Gasteiger partial charge in [0.05, 0.1) is 13.7 Å². The van der Waals surface area contributed by atoms with Crippen LogP contribution < -0.4 is 14.8 Å². The van der Waals surface area contributed by atoms with Crippen LogP contribution in [0.25, 0.3) is 11.1 Å². The Balaban J connectivity index is 1.85. The van der Waals surface area contributed by atoms with Crippen LogP contribution in [0.1, 0.15) is 53.1 Å². The fourth-order valence-corrected chi connectivity index (χ4v) is 5.16. The summed E-state index contributed by atoms with van der Waals surface area (Å²) in [6, 6.07) is 11.4. The Bertz CT molecular complexity index is 1220. The Labute approximate surface area is 218 Å². The predicted molar refractivity (Wildman–Crippen MR) is 144 cm³/mol. The molecule has 8 heteroatoms. The highest BCUT2D eigenvalue weighted by atomic mass is 79.9. The van der Waals surface area contributed by atoms with E-state index in [2.05, 4.69) is 35.1 Å². The van der Waals surface area contributed by atoms with Gasteiger partial charge in [-0.05, 0) is 67.6 Å². The van der Waals surface area contributed by atoms with Gasteiger partial charge in [-0.15, -0.1) is 11.3 Å². The van der Waals surface area contributed by atoms with Crippen molar-refractivity contribution in [3.8, 4) is 22.6 Å². The van der Waals surface area contributed by atoms with E-state index in [0.717, 1.165) is 37.4 Å². The maximum Gasteiger partial charge on any atom is 0.341 e. The van der Waals surface area contributed by atoms with E-state index >= 15 is 0 Å². The zero-order valence-corrected chi connectivity index (χ0v) is 23.2. The van der Waals surface area contributed by atoms with Crippen molar-refractivity contribution in [1.82, 2.24) is 0 Å². The molecule has 6 nitrogen and oxygen atoms in total. The largest absolute Gasteiger partial charge is 0.494 e. The number of halogens is 1. The van der Waals surface area contributed by atoms with Gasteiger partial charge < -0.3 is 19.5 Å². The first-order valence-corrected chi connectivity index (χ1v) is 12.9. The second-order valence-corrected chi connectivity index (χ2v) is 10.4. The molecule has 0 aliphatic heterocycles. The maximum atomic E-state index is 12.8. The monoisotopic (exact) mass is 559 g/mol. The van der Waals surface area contributed by atoms with Crippen LogP contribution in [0.15, 0.2) is 40.9 Å². The van der Waals surface area contributed by atoms with Gasteiger partial charge in [0.25, 0.3) is 5.91 Å². The number of carbonyl (C=O) groups is 2. The van der Waals surface area contributed by atoms with Crippen molar-refractivity contribution in [2.45, 2.75) is 40.5 Å². The third-order valence-electron chi connectivity index (χ3n) is 5.45. The number of benzene rings is 2. The van der Waals surface area contributed by atoms with Crippen LogP contribution in [-0.4, -0.2) is 32.2 Å². The van der Waals surface area contributed by atoms with Gasteiger partial charge in [0.2, 0.25) is 0 Å². The van der Waals surface area contributed by atoms with E-state index in [9.17, 15) is 9.59 Å². The van der Waals surface area contributed by atoms with Crippen molar-refractivity contribution in [2.75, 3.05) is 25.6 Å². The number of hydrogen-bond donors (Lipinski definition) is 1. The lowest BCUT2D eigenvalue weighted by atomic mass is 10.0. The first kappa shape index (κ1) is 26.8. The van der Waals surface area contributed by atoms with Gasteiger partial charge in [-0.1, -0.05) is 41.9 Å². The molecule has 0 saturated heterocycles. The number of methoxy groups -OCH3 is 1. The summed E-state index contributed by atoms with van der Waals surface area (Å²) in [7, 11) is 1.33. The van der Waals surface area contributed by atoms with Gasteiger partial charge >= 0.3 is 5.97 Å². The highest BCUT2D eigenvalue weighted by Gasteiger charge is 2.25. The molecule has 1 amide bonds. The topological polar surface area (TPSA) is 73.9 Å². The minimum atomic E-state index is -0.514. The average molecular weight is 561 g/mol. The normalized spacial score (nSPS) is 10.9. The summed E-state index contributed by atoms with van der Waals surface area (Å²) in [4.78, 5) is 26.5. The van der Waals surface area contributed by atoms with Crippen molar-refractivity contribution in [2.24, 2.45) is 0 Å². The fourth-order valence-electron chi connectivity index (χ4n) is 3.71.